The minimum Gasteiger partial charge on any atom is -0.343 e. The Labute approximate surface area is 131 Å². The fraction of sp³-hybridized carbons (Fsp3) is 0.429. The Hall–Kier alpha value is -1.90. The molecule has 2 aliphatic rings. The van der Waals surface area contributed by atoms with Gasteiger partial charge in [0, 0.05) is 6.42 Å². The van der Waals surface area contributed by atoms with E-state index in [0.29, 0.717) is 24.3 Å². The van der Waals surface area contributed by atoms with Crippen molar-refractivity contribution in [3.05, 3.63) is 40.7 Å². The van der Waals surface area contributed by atoms with E-state index in [-0.39, 0.29) is 17.9 Å². The Morgan fingerprint density at radius 1 is 1.27 bits per heavy atom. The highest BCUT2D eigenvalue weighted by Crippen LogP contribution is 2.32. The normalized spacial score (nSPS) is 27.3. The monoisotopic (exact) mass is 318 g/mol. The molecule has 0 amide bonds. The summed E-state index contributed by atoms with van der Waals surface area (Å²) in [6.45, 7) is 0.930. The zero-order valence-electron chi connectivity index (χ0n) is 11.7. The lowest BCUT2D eigenvalue weighted by Gasteiger charge is -2.25. The third-order valence-corrected chi connectivity index (χ3v) is 4.36. The average Bonchev–Trinajstić information content (AvgIpc) is 3.11. The van der Waals surface area contributed by atoms with Gasteiger partial charge in [0.25, 0.3) is 0 Å². The van der Waals surface area contributed by atoms with E-state index in [9.17, 15) is 4.79 Å². The number of carbonyl (C=O) groups is 1. The number of fused-ring (bicyclic) bond motifs is 2. The number of hydrogen-bond acceptors (Lipinski definition) is 6. The minimum atomic E-state index is -0.713. The minimum absolute atomic E-state index is 0.0711. The number of nitrogens with zero attached hydrogens (tertiary/aromatic N) is 4. The summed E-state index contributed by atoms with van der Waals surface area (Å²) in [6.07, 6.45) is -0.598. The third kappa shape index (κ3) is 2.29. The summed E-state index contributed by atoms with van der Waals surface area (Å²) in [7, 11) is 0. The van der Waals surface area contributed by atoms with Gasteiger partial charge < -0.3 is 9.47 Å². The van der Waals surface area contributed by atoms with Crippen LogP contribution in [0.5, 0.6) is 0 Å². The number of hydrogen-bond donors (Lipinski definition) is 0. The van der Waals surface area contributed by atoms with Gasteiger partial charge in [-0.15, -0.1) is 0 Å². The van der Waals surface area contributed by atoms with Crippen molar-refractivity contribution in [1.29, 1.82) is 0 Å². The van der Waals surface area contributed by atoms with Gasteiger partial charge in [0.1, 0.15) is 6.10 Å². The molecule has 2 fully saturated rings. The van der Waals surface area contributed by atoms with Crippen molar-refractivity contribution in [3.8, 4) is 0 Å². The van der Waals surface area contributed by atoms with Crippen LogP contribution in [0.2, 0.25) is 0 Å². The van der Waals surface area contributed by atoms with Crippen LogP contribution in [0, 0.1) is 4.77 Å². The molecule has 7 nitrogen and oxygen atoms in total. The van der Waals surface area contributed by atoms with E-state index < -0.39 is 6.29 Å². The Bertz CT molecular complexity index is 757. The molecule has 0 N–H and O–H groups in total. The van der Waals surface area contributed by atoms with Crippen molar-refractivity contribution in [2.24, 2.45) is 0 Å². The predicted octanol–water partition coefficient (Wildman–Crippen LogP) is 1.11. The summed E-state index contributed by atoms with van der Waals surface area (Å²) in [5, 5.41) is 8.24. The van der Waals surface area contributed by atoms with Gasteiger partial charge >= 0.3 is 0 Å². The van der Waals surface area contributed by atoms with Gasteiger partial charge in [-0.3, -0.25) is 4.79 Å². The topological polar surface area (TPSA) is 71.2 Å². The van der Waals surface area contributed by atoms with E-state index >= 15 is 0 Å². The van der Waals surface area contributed by atoms with E-state index in [4.69, 9.17) is 21.7 Å². The van der Waals surface area contributed by atoms with Crippen molar-refractivity contribution in [2.45, 2.75) is 31.4 Å². The van der Waals surface area contributed by atoms with Crippen molar-refractivity contribution in [3.63, 3.8) is 0 Å². The maximum absolute atomic E-state index is 11.9. The molecule has 3 heterocycles. The number of ketones is 1. The van der Waals surface area contributed by atoms with Crippen LogP contribution in [0.3, 0.4) is 0 Å². The Balaban J connectivity index is 1.61. The Morgan fingerprint density at radius 2 is 2.09 bits per heavy atom. The second-order valence-corrected chi connectivity index (χ2v) is 5.79. The maximum Gasteiger partial charge on any atom is 0.218 e. The fourth-order valence-corrected chi connectivity index (χ4v) is 3.09. The zero-order chi connectivity index (χ0) is 15.1. The first-order chi connectivity index (χ1) is 10.7. The van der Waals surface area contributed by atoms with Crippen LogP contribution in [0.25, 0.3) is 0 Å². The molecule has 0 radical (unpaired) electrons. The molecule has 1 aromatic heterocycles. The zero-order valence-corrected chi connectivity index (χ0v) is 12.5. The lowest BCUT2D eigenvalue weighted by Crippen LogP contribution is -2.37. The highest BCUT2D eigenvalue weighted by atomic mass is 32.1. The second-order valence-electron chi connectivity index (χ2n) is 5.43. The van der Waals surface area contributed by atoms with E-state index in [1.807, 2.05) is 30.3 Å². The molecular weight excluding hydrogens is 304 g/mol. The standard InChI is InChI=1S/C14H14N4O3S/c19-11-6-10(12-8-20-13(11)21-12)18-14(22)17(15-16-18)7-9-4-2-1-3-5-9/h1-5,10,12-13H,6-8H2/t10-,12-,13-/m0/s1. The predicted molar refractivity (Wildman–Crippen MR) is 77.7 cm³/mol. The first kappa shape index (κ1) is 13.7. The molecule has 1 aromatic carbocycles. The SMILES string of the molecule is O=C1C[C@H](n2nnn(Cc3ccccc3)c2=S)[C@@H]2CO[C@H]1O2. The first-order valence-corrected chi connectivity index (χ1v) is 7.49. The number of tetrazole rings is 1. The second kappa shape index (κ2) is 5.38. The van der Waals surface area contributed by atoms with Crippen LogP contribution < -0.4 is 0 Å². The lowest BCUT2D eigenvalue weighted by molar-refractivity contribution is -0.156. The molecule has 4 rings (SSSR count). The number of benzene rings is 1. The van der Waals surface area contributed by atoms with Crippen molar-refractivity contribution >= 4 is 18.0 Å². The molecule has 3 atom stereocenters. The van der Waals surface area contributed by atoms with Gasteiger partial charge in [0.2, 0.25) is 11.1 Å². The highest BCUT2D eigenvalue weighted by molar-refractivity contribution is 7.71. The summed E-state index contributed by atoms with van der Waals surface area (Å²) in [6, 6.07) is 9.65. The molecule has 0 saturated carbocycles. The summed E-state index contributed by atoms with van der Waals surface area (Å²) in [5.74, 6) is -0.0711. The van der Waals surface area contributed by atoms with Crippen LogP contribution in [-0.2, 0) is 20.8 Å². The summed E-state index contributed by atoms with van der Waals surface area (Å²) >= 11 is 5.45. The van der Waals surface area contributed by atoms with Gasteiger partial charge in [-0.2, -0.15) is 0 Å². The molecule has 0 spiro atoms. The Morgan fingerprint density at radius 3 is 2.91 bits per heavy atom. The van der Waals surface area contributed by atoms with Crippen LogP contribution >= 0.6 is 12.2 Å². The number of Topliss-reactive ketones (excluding diaryl/α,β-unsaturated/α-hetero) is 1. The molecule has 8 heteroatoms. The quantitative estimate of drug-likeness (QED) is 0.790. The highest BCUT2D eigenvalue weighted by Gasteiger charge is 2.45. The number of rotatable bonds is 3. The van der Waals surface area contributed by atoms with Gasteiger partial charge in [0.05, 0.1) is 19.2 Å². The van der Waals surface area contributed by atoms with Crippen LogP contribution in [-0.4, -0.2) is 44.6 Å². The molecular formula is C14H14N4O3S. The smallest absolute Gasteiger partial charge is 0.218 e. The molecule has 0 unspecified atom stereocenters. The molecule has 114 valence electrons. The summed E-state index contributed by atoms with van der Waals surface area (Å²) in [5.41, 5.74) is 1.09. The number of ether oxygens (including phenoxy) is 2. The van der Waals surface area contributed by atoms with Crippen molar-refractivity contribution < 1.29 is 14.3 Å². The van der Waals surface area contributed by atoms with Gasteiger partial charge in [-0.05, 0) is 28.2 Å². The molecule has 2 aliphatic heterocycles. The van der Waals surface area contributed by atoms with E-state index in [1.54, 1.807) is 9.36 Å². The van der Waals surface area contributed by atoms with Crippen LogP contribution in [0.4, 0.5) is 0 Å². The van der Waals surface area contributed by atoms with Crippen molar-refractivity contribution in [2.75, 3.05) is 6.61 Å². The average molecular weight is 318 g/mol. The van der Waals surface area contributed by atoms with Gasteiger partial charge in [0.15, 0.2) is 5.78 Å². The van der Waals surface area contributed by atoms with Crippen molar-refractivity contribution in [1.82, 2.24) is 19.8 Å². The van der Waals surface area contributed by atoms with Gasteiger partial charge in [-0.1, -0.05) is 30.3 Å². The number of aromatic nitrogens is 4. The molecule has 0 aliphatic carbocycles. The first-order valence-electron chi connectivity index (χ1n) is 7.08. The Kier molecular flexibility index (Phi) is 3.36. The third-order valence-electron chi connectivity index (χ3n) is 3.96. The summed E-state index contributed by atoms with van der Waals surface area (Å²) in [4.78, 5) is 11.9. The molecule has 2 bridgehead atoms. The summed E-state index contributed by atoms with van der Waals surface area (Å²) < 4.78 is 14.6. The molecule has 2 saturated heterocycles. The molecule has 22 heavy (non-hydrogen) atoms. The van der Waals surface area contributed by atoms with Crippen LogP contribution in [0.1, 0.15) is 18.0 Å². The number of carbonyl (C=O) groups excluding carboxylic acids is 1. The van der Waals surface area contributed by atoms with Crippen LogP contribution in [0.15, 0.2) is 30.3 Å². The van der Waals surface area contributed by atoms with E-state index in [0.717, 1.165) is 5.56 Å². The maximum atomic E-state index is 11.9. The van der Waals surface area contributed by atoms with E-state index in [1.165, 1.54) is 0 Å². The largest absolute Gasteiger partial charge is 0.343 e. The van der Waals surface area contributed by atoms with Gasteiger partial charge in [-0.25, -0.2) is 9.36 Å². The fourth-order valence-electron chi connectivity index (χ4n) is 2.82. The van der Waals surface area contributed by atoms with E-state index in [2.05, 4.69) is 10.4 Å². The lowest BCUT2D eigenvalue weighted by atomic mass is 10.0. The molecule has 2 aromatic rings.